The lowest BCUT2D eigenvalue weighted by molar-refractivity contribution is -0.133. The van der Waals surface area contributed by atoms with Gasteiger partial charge in [0.15, 0.2) is 5.76 Å². The highest BCUT2D eigenvalue weighted by atomic mass is 16.6. The first-order valence-corrected chi connectivity index (χ1v) is 9.12. The highest BCUT2D eigenvalue weighted by Gasteiger charge is 2.22. The number of hydrogen-bond donors (Lipinski definition) is 1. The Kier molecular flexibility index (Phi) is 7.02. The Morgan fingerprint density at radius 2 is 1.96 bits per heavy atom. The number of alkyl carbamates (subject to hydrolysis) is 1. The second-order valence-electron chi connectivity index (χ2n) is 7.62. The van der Waals surface area contributed by atoms with Crippen molar-refractivity contribution < 1.29 is 18.8 Å². The normalized spacial score (nSPS) is 15.8. The lowest BCUT2D eigenvalue weighted by atomic mass is 10.2. The fourth-order valence-electron chi connectivity index (χ4n) is 2.77. The number of nitrogens with zero attached hydrogens (tertiary/aromatic N) is 3. The molecular weight excluding hydrogens is 336 g/mol. The van der Waals surface area contributed by atoms with E-state index >= 15 is 0 Å². The van der Waals surface area contributed by atoms with Crippen LogP contribution >= 0.6 is 0 Å². The van der Waals surface area contributed by atoms with Gasteiger partial charge in [-0.25, -0.2) is 4.79 Å². The Bertz CT molecular complexity index is 601. The van der Waals surface area contributed by atoms with Crippen LogP contribution in [0.25, 0.3) is 0 Å². The number of nitrogens with one attached hydrogen (secondary N) is 1. The summed E-state index contributed by atoms with van der Waals surface area (Å²) < 4.78 is 10.4. The van der Waals surface area contributed by atoms with E-state index in [0.29, 0.717) is 32.5 Å². The Labute approximate surface area is 154 Å². The summed E-state index contributed by atoms with van der Waals surface area (Å²) in [6, 6.07) is 1.94. The molecule has 1 aliphatic heterocycles. The maximum absolute atomic E-state index is 12.3. The Hall–Kier alpha value is -2.09. The third-order valence-electron chi connectivity index (χ3n) is 4.02. The third kappa shape index (κ3) is 7.03. The average molecular weight is 366 g/mol. The Morgan fingerprint density at radius 1 is 1.27 bits per heavy atom. The zero-order chi connectivity index (χ0) is 19.2. The quantitative estimate of drug-likeness (QED) is 0.774. The van der Waals surface area contributed by atoms with Crippen LogP contribution in [-0.2, 0) is 16.1 Å². The van der Waals surface area contributed by atoms with Crippen LogP contribution in [0, 0.1) is 6.92 Å². The van der Waals surface area contributed by atoms with Crippen molar-refractivity contribution in [2.45, 2.75) is 52.7 Å². The maximum atomic E-state index is 12.3. The van der Waals surface area contributed by atoms with Gasteiger partial charge in [-0.1, -0.05) is 5.16 Å². The zero-order valence-electron chi connectivity index (χ0n) is 16.2. The summed E-state index contributed by atoms with van der Waals surface area (Å²) in [6.07, 6.45) is 0.591. The van der Waals surface area contributed by atoms with E-state index in [0.717, 1.165) is 31.1 Å². The number of piperazine rings is 1. The van der Waals surface area contributed by atoms with Gasteiger partial charge in [-0.15, -0.1) is 0 Å². The monoisotopic (exact) mass is 366 g/mol. The Morgan fingerprint density at radius 3 is 2.54 bits per heavy atom. The number of amides is 2. The largest absolute Gasteiger partial charge is 0.444 e. The summed E-state index contributed by atoms with van der Waals surface area (Å²) in [5.74, 6) is 0.988. The first kappa shape index (κ1) is 20.2. The molecule has 2 heterocycles. The van der Waals surface area contributed by atoms with Crippen LogP contribution in [0.1, 0.15) is 45.1 Å². The molecule has 1 aromatic heterocycles. The smallest absolute Gasteiger partial charge is 0.407 e. The van der Waals surface area contributed by atoms with Gasteiger partial charge < -0.3 is 19.5 Å². The predicted molar refractivity (Wildman–Crippen MR) is 96.6 cm³/mol. The minimum Gasteiger partial charge on any atom is -0.444 e. The van der Waals surface area contributed by atoms with Gasteiger partial charge in [0.1, 0.15) is 5.60 Å². The van der Waals surface area contributed by atoms with Gasteiger partial charge in [0, 0.05) is 45.2 Å². The van der Waals surface area contributed by atoms with Gasteiger partial charge in [-0.2, -0.15) is 0 Å². The highest BCUT2D eigenvalue weighted by Crippen LogP contribution is 2.11. The van der Waals surface area contributed by atoms with Crippen molar-refractivity contribution in [3.63, 3.8) is 0 Å². The van der Waals surface area contributed by atoms with Crippen molar-refractivity contribution >= 4 is 12.0 Å². The maximum Gasteiger partial charge on any atom is 0.407 e. The molecular formula is C18H30N4O4. The molecule has 0 aromatic carbocycles. The van der Waals surface area contributed by atoms with Crippen molar-refractivity contribution in [3.8, 4) is 0 Å². The van der Waals surface area contributed by atoms with Crippen LogP contribution in [0.15, 0.2) is 10.6 Å². The molecule has 0 unspecified atom stereocenters. The predicted octanol–water partition coefficient (Wildman–Crippen LogP) is 1.93. The summed E-state index contributed by atoms with van der Waals surface area (Å²) >= 11 is 0. The van der Waals surface area contributed by atoms with Gasteiger partial charge in [0.2, 0.25) is 5.91 Å². The molecule has 1 aliphatic rings. The van der Waals surface area contributed by atoms with E-state index < -0.39 is 11.7 Å². The number of aromatic nitrogens is 1. The summed E-state index contributed by atoms with van der Waals surface area (Å²) in [5.41, 5.74) is 0.373. The van der Waals surface area contributed by atoms with E-state index in [4.69, 9.17) is 9.26 Å². The van der Waals surface area contributed by atoms with Gasteiger partial charge in [0.25, 0.3) is 0 Å². The van der Waals surface area contributed by atoms with Crippen molar-refractivity contribution in [1.29, 1.82) is 0 Å². The number of hydrogen-bond acceptors (Lipinski definition) is 6. The second kappa shape index (κ2) is 9.02. The zero-order valence-corrected chi connectivity index (χ0v) is 16.2. The fraction of sp³-hybridized carbons (Fsp3) is 0.722. The highest BCUT2D eigenvalue weighted by molar-refractivity contribution is 5.76. The third-order valence-corrected chi connectivity index (χ3v) is 4.02. The number of carbonyl (C=O) groups is 2. The minimum atomic E-state index is -0.510. The van der Waals surface area contributed by atoms with Crippen LogP contribution < -0.4 is 5.32 Å². The molecule has 1 N–H and O–H groups in total. The molecule has 1 aromatic rings. The summed E-state index contributed by atoms with van der Waals surface area (Å²) in [7, 11) is 0. The van der Waals surface area contributed by atoms with Crippen LogP contribution in [0.5, 0.6) is 0 Å². The molecule has 0 saturated carbocycles. The number of aryl methyl sites for hydroxylation is 1. The molecule has 1 fully saturated rings. The molecule has 8 heteroatoms. The number of ether oxygens (including phenoxy) is 1. The van der Waals surface area contributed by atoms with Gasteiger partial charge in [-0.05, 0) is 34.1 Å². The van der Waals surface area contributed by atoms with Gasteiger partial charge in [0.05, 0.1) is 12.2 Å². The molecule has 2 rings (SSSR count). The number of carbonyl (C=O) groups excluding carboxylic acids is 2. The molecule has 2 amide bonds. The molecule has 0 radical (unpaired) electrons. The van der Waals surface area contributed by atoms with Crippen LogP contribution in [-0.4, -0.2) is 65.3 Å². The van der Waals surface area contributed by atoms with Crippen molar-refractivity contribution in [2.75, 3.05) is 32.7 Å². The summed E-state index contributed by atoms with van der Waals surface area (Å²) in [4.78, 5) is 28.0. The van der Waals surface area contributed by atoms with E-state index in [2.05, 4.69) is 15.4 Å². The van der Waals surface area contributed by atoms with E-state index in [9.17, 15) is 9.59 Å². The minimum absolute atomic E-state index is 0.131. The molecule has 0 atom stereocenters. The molecule has 1 saturated heterocycles. The lowest BCUT2D eigenvalue weighted by Crippen LogP contribution is -2.48. The average Bonchev–Trinajstić information content (AvgIpc) is 2.95. The van der Waals surface area contributed by atoms with Crippen LogP contribution in [0.3, 0.4) is 0 Å². The molecule has 146 valence electrons. The van der Waals surface area contributed by atoms with E-state index in [-0.39, 0.29) is 5.91 Å². The van der Waals surface area contributed by atoms with E-state index in [1.54, 1.807) is 0 Å². The summed E-state index contributed by atoms with van der Waals surface area (Å²) in [6.45, 7) is 11.6. The van der Waals surface area contributed by atoms with Crippen molar-refractivity contribution in [2.24, 2.45) is 0 Å². The summed E-state index contributed by atoms with van der Waals surface area (Å²) in [5, 5.41) is 6.57. The lowest BCUT2D eigenvalue weighted by Gasteiger charge is -2.34. The van der Waals surface area contributed by atoms with Gasteiger partial charge >= 0.3 is 6.09 Å². The molecule has 0 aliphatic carbocycles. The topological polar surface area (TPSA) is 87.9 Å². The van der Waals surface area contributed by atoms with Crippen molar-refractivity contribution in [3.05, 3.63) is 17.5 Å². The van der Waals surface area contributed by atoms with Crippen molar-refractivity contribution in [1.82, 2.24) is 20.3 Å². The first-order valence-electron chi connectivity index (χ1n) is 9.12. The van der Waals surface area contributed by atoms with Crippen LogP contribution in [0.4, 0.5) is 4.79 Å². The molecule has 8 nitrogen and oxygen atoms in total. The Balaban J connectivity index is 1.60. The molecule has 26 heavy (non-hydrogen) atoms. The number of rotatable bonds is 6. The standard InChI is InChI=1S/C18H30N4O4/c1-14-12-15(26-20-14)13-21-8-10-22(11-9-21)16(23)6-5-7-19-17(24)25-18(2,3)4/h12H,5-11,13H2,1-4H3,(H,19,24). The molecule has 0 bridgehead atoms. The van der Waals surface area contributed by atoms with Crippen LogP contribution in [0.2, 0.25) is 0 Å². The second-order valence-corrected chi connectivity index (χ2v) is 7.62. The van der Waals surface area contributed by atoms with Gasteiger partial charge in [-0.3, -0.25) is 9.69 Å². The SMILES string of the molecule is Cc1cc(CN2CCN(C(=O)CCCNC(=O)OC(C)(C)C)CC2)on1. The first-order chi connectivity index (χ1) is 12.2. The molecule has 0 spiro atoms. The van der Waals surface area contributed by atoms with E-state index in [1.807, 2.05) is 38.7 Å². The van der Waals surface area contributed by atoms with E-state index in [1.165, 1.54) is 0 Å². The fourth-order valence-corrected chi connectivity index (χ4v) is 2.77.